The third-order valence-corrected chi connectivity index (χ3v) is 3.96. The smallest absolute Gasteiger partial charge is 0.321 e. The van der Waals surface area contributed by atoms with Crippen LogP contribution in [-0.2, 0) is 4.79 Å². The fourth-order valence-electron chi connectivity index (χ4n) is 2.58. The number of nitrogens with zero attached hydrogens (tertiary/aromatic N) is 3. The van der Waals surface area contributed by atoms with Crippen molar-refractivity contribution in [2.45, 2.75) is 13.0 Å². The highest BCUT2D eigenvalue weighted by Gasteiger charge is 2.21. The lowest BCUT2D eigenvalue weighted by atomic mass is 10.1. The highest BCUT2D eigenvalue weighted by Crippen LogP contribution is 2.20. The maximum Gasteiger partial charge on any atom is 0.321 e. The Hall–Kier alpha value is -3.00. The first-order valence-corrected chi connectivity index (χ1v) is 8.08. The molecule has 3 N–H and O–H groups in total. The minimum atomic E-state index is -0.183. The number of carbonyl (C=O) groups is 2. The Balaban J connectivity index is 1.51. The number of aromatic nitrogens is 2. The predicted molar refractivity (Wildman–Crippen MR) is 94.3 cm³/mol. The van der Waals surface area contributed by atoms with Gasteiger partial charge in [0.25, 0.3) is 0 Å². The number of nitrogens with one attached hydrogen (secondary N) is 3. The Morgan fingerprint density at radius 2 is 2.12 bits per heavy atom. The first-order chi connectivity index (χ1) is 12.1. The van der Waals surface area contributed by atoms with Crippen molar-refractivity contribution < 1.29 is 9.59 Å². The molecule has 25 heavy (non-hydrogen) atoms. The average Bonchev–Trinajstić information content (AvgIpc) is 3.07. The van der Waals surface area contributed by atoms with Crippen molar-refractivity contribution >= 4 is 23.4 Å². The van der Waals surface area contributed by atoms with E-state index >= 15 is 0 Å². The van der Waals surface area contributed by atoms with Gasteiger partial charge in [0.1, 0.15) is 0 Å². The average molecular weight is 340 g/mol. The van der Waals surface area contributed by atoms with Crippen molar-refractivity contribution in [2.75, 3.05) is 29.9 Å². The van der Waals surface area contributed by atoms with Crippen LogP contribution in [0.25, 0.3) is 0 Å². The van der Waals surface area contributed by atoms with E-state index in [1.54, 1.807) is 11.1 Å². The van der Waals surface area contributed by atoms with Gasteiger partial charge >= 0.3 is 6.03 Å². The summed E-state index contributed by atoms with van der Waals surface area (Å²) in [5.74, 6) is 0.243. The highest BCUT2D eigenvalue weighted by atomic mass is 16.2. The second-order valence-corrected chi connectivity index (χ2v) is 5.72. The zero-order valence-corrected chi connectivity index (χ0v) is 13.9. The van der Waals surface area contributed by atoms with Crippen LogP contribution in [0, 0.1) is 0 Å². The van der Waals surface area contributed by atoms with Gasteiger partial charge in [-0.25, -0.2) is 9.78 Å². The number of anilines is 2. The van der Waals surface area contributed by atoms with E-state index < -0.39 is 0 Å². The van der Waals surface area contributed by atoms with Crippen LogP contribution in [0.2, 0.25) is 0 Å². The molecule has 8 heteroatoms. The molecule has 0 saturated carbocycles. The number of hydrogen-bond donors (Lipinski definition) is 3. The molecule has 0 bridgehead atoms. The SMILES string of the molecule is CC(NCC(=O)Nc1cnccn1)c1ccc(N2CCNC2=O)cc1. The minimum absolute atomic E-state index is 0.00550. The molecular weight excluding hydrogens is 320 g/mol. The Morgan fingerprint density at radius 3 is 2.76 bits per heavy atom. The third-order valence-electron chi connectivity index (χ3n) is 3.96. The van der Waals surface area contributed by atoms with E-state index in [2.05, 4.69) is 25.9 Å². The molecule has 0 aliphatic carbocycles. The van der Waals surface area contributed by atoms with Gasteiger partial charge in [0.15, 0.2) is 5.82 Å². The molecule has 1 atom stereocenters. The first kappa shape index (κ1) is 16.8. The molecule has 1 unspecified atom stereocenters. The van der Waals surface area contributed by atoms with E-state index in [0.717, 1.165) is 11.3 Å². The summed E-state index contributed by atoms with van der Waals surface area (Å²) in [6.07, 6.45) is 4.56. The van der Waals surface area contributed by atoms with E-state index in [9.17, 15) is 9.59 Å². The Kier molecular flexibility index (Phi) is 5.20. The van der Waals surface area contributed by atoms with Crippen molar-refractivity contribution in [3.05, 3.63) is 48.4 Å². The molecule has 2 heterocycles. The summed E-state index contributed by atoms with van der Waals surface area (Å²) in [6.45, 7) is 3.48. The normalized spacial score (nSPS) is 14.9. The van der Waals surface area contributed by atoms with Crippen LogP contribution in [0.1, 0.15) is 18.5 Å². The lowest BCUT2D eigenvalue weighted by molar-refractivity contribution is -0.115. The van der Waals surface area contributed by atoms with Crippen LogP contribution in [0.4, 0.5) is 16.3 Å². The maximum atomic E-state index is 11.9. The topological polar surface area (TPSA) is 99.2 Å². The van der Waals surface area contributed by atoms with Crippen LogP contribution in [0.3, 0.4) is 0 Å². The largest absolute Gasteiger partial charge is 0.336 e. The number of urea groups is 1. The van der Waals surface area contributed by atoms with Crippen molar-refractivity contribution in [3.63, 3.8) is 0 Å². The predicted octanol–water partition coefficient (Wildman–Crippen LogP) is 1.30. The fraction of sp³-hybridized carbons (Fsp3) is 0.294. The lowest BCUT2D eigenvalue weighted by Gasteiger charge is -2.17. The molecule has 2 aromatic rings. The van der Waals surface area contributed by atoms with Crippen molar-refractivity contribution in [1.29, 1.82) is 0 Å². The molecule has 1 fully saturated rings. The van der Waals surface area contributed by atoms with Gasteiger partial charge in [0.2, 0.25) is 5.91 Å². The second kappa shape index (κ2) is 7.71. The van der Waals surface area contributed by atoms with E-state index in [0.29, 0.717) is 18.9 Å². The maximum absolute atomic E-state index is 11.9. The van der Waals surface area contributed by atoms with Crippen molar-refractivity contribution in [1.82, 2.24) is 20.6 Å². The van der Waals surface area contributed by atoms with Gasteiger partial charge in [0.05, 0.1) is 12.7 Å². The zero-order chi connectivity index (χ0) is 17.6. The van der Waals surface area contributed by atoms with Gasteiger partial charge in [0, 0.05) is 37.2 Å². The monoisotopic (exact) mass is 340 g/mol. The lowest BCUT2D eigenvalue weighted by Crippen LogP contribution is -2.30. The molecule has 8 nitrogen and oxygen atoms in total. The quantitative estimate of drug-likeness (QED) is 0.736. The summed E-state index contributed by atoms with van der Waals surface area (Å²) < 4.78 is 0. The summed E-state index contributed by atoms with van der Waals surface area (Å²) in [5, 5.41) is 8.62. The number of amides is 3. The van der Waals surface area contributed by atoms with Gasteiger partial charge < -0.3 is 16.0 Å². The van der Waals surface area contributed by atoms with Gasteiger partial charge in [-0.05, 0) is 24.6 Å². The van der Waals surface area contributed by atoms with Crippen LogP contribution in [0.15, 0.2) is 42.9 Å². The number of rotatable bonds is 6. The van der Waals surface area contributed by atoms with E-state index in [1.165, 1.54) is 12.4 Å². The number of benzene rings is 1. The van der Waals surface area contributed by atoms with Gasteiger partial charge in [-0.2, -0.15) is 0 Å². The second-order valence-electron chi connectivity index (χ2n) is 5.72. The molecule has 1 aromatic heterocycles. The Labute approximate surface area is 145 Å². The first-order valence-electron chi connectivity index (χ1n) is 8.08. The molecule has 130 valence electrons. The molecule has 0 spiro atoms. The summed E-state index contributed by atoms with van der Waals surface area (Å²) in [4.78, 5) is 33.2. The molecule has 3 rings (SSSR count). The molecule has 1 aromatic carbocycles. The zero-order valence-electron chi connectivity index (χ0n) is 13.9. The van der Waals surface area contributed by atoms with Crippen LogP contribution >= 0.6 is 0 Å². The Morgan fingerprint density at radius 1 is 1.32 bits per heavy atom. The number of hydrogen-bond acceptors (Lipinski definition) is 5. The molecule has 1 aliphatic heterocycles. The standard InChI is InChI=1S/C17H20N6O2/c1-12(21-11-16(24)22-15-10-18-6-7-19-15)13-2-4-14(5-3-13)23-9-8-20-17(23)25/h2-7,10,12,21H,8-9,11H2,1H3,(H,20,25)(H,19,22,24). The van der Waals surface area contributed by atoms with E-state index in [-0.39, 0.29) is 24.5 Å². The van der Waals surface area contributed by atoms with Crippen LogP contribution < -0.4 is 20.9 Å². The van der Waals surface area contributed by atoms with Crippen molar-refractivity contribution in [3.8, 4) is 0 Å². The summed E-state index contributed by atoms with van der Waals surface area (Å²) in [7, 11) is 0. The minimum Gasteiger partial charge on any atom is -0.336 e. The highest BCUT2D eigenvalue weighted by molar-refractivity contribution is 5.94. The van der Waals surface area contributed by atoms with E-state index in [4.69, 9.17) is 0 Å². The summed E-state index contributed by atoms with van der Waals surface area (Å²) in [6, 6.07) is 7.67. The summed E-state index contributed by atoms with van der Waals surface area (Å²) in [5.41, 5.74) is 1.90. The molecule has 1 aliphatic rings. The van der Waals surface area contributed by atoms with E-state index in [1.807, 2.05) is 31.2 Å². The molecule has 0 radical (unpaired) electrons. The molecule has 1 saturated heterocycles. The molecular formula is C17H20N6O2. The van der Waals surface area contributed by atoms with Crippen LogP contribution in [0.5, 0.6) is 0 Å². The third kappa shape index (κ3) is 4.30. The van der Waals surface area contributed by atoms with Gasteiger partial charge in [-0.1, -0.05) is 12.1 Å². The molecule has 3 amide bonds. The van der Waals surface area contributed by atoms with Crippen LogP contribution in [-0.4, -0.2) is 41.5 Å². The van der Waals surface area contributed by atoms with Crippen molar-refractivity contribution in [2.24, 2.45) is 0 Å². The van der Waals surface area contributed by atoms with Gasteiger partial charge in [-0.15, -0.1) is 0 Å². The summed E-state index contributed by atoms with van der Waals surface area (Å²) >= 11 is 0. The number of carbonyl (C=O) groups excluding carboxylic acids is 2. The Bertz CT molecular complexity index is 735. The van der Waals surface area contributed by atoms with Gasteiger partial charge in [-0.3, -0.25) is 14.7 Å². The fourth-order valence-corrected chi connectivity index (χ4v) is 2.58.